The molecule has 1 aromatic rings. The lowest BCUT2D eigenvalue weighted by Crippen LogP contribution is -2.57. The molecule has 1 saturated carbocycles. The first kappa shape index (κ1) is 21.2. The number of amides is 3. The van der Waals surface area contributed by atoms with Crippen LogP contribution < -0.4 is 10.6 Å². The second-order valence-corrected chi connectivity index (χ2v) is 9.73. The maximum absolute atomic E-state index is 13.6. The minimum Gasteiger partial charge on any atom is -0.359 e. The molecular weight excluding hydrogens is 406 g/mol. The molecule has 7 heteroatoms. The van der Waals surface area contributed by atoms with Crippen molar-refractivity contribution in [1.29, 1.82) is 0 Å². The highest BCUT2D eigenvalue weighted by atomic mass is 16.5. The van der Waals surface area contributed by atoms with Crippen LogP contribution in [0.15, 0.2) is 42.5 Å². The summed E-state index contributed by atoms with van der Waals surface area (Å²) in [5.41, 5.74) is -0.0886. The summed E-state index contributed by atoms with van der Waals surface area (Å²) >= 11 is 0. The molecule has 2 bridgehead atoms. The summed E-state index contributed by atoms with van der Waals surface area (Å²) in [5.74, 6) is -1.86. The van der Waals surface area contributed by atoms with Crippen molar-refractivity contribution in [3.05, 3.63) is 48.0 Å². The Hall–Kier alpha value is -2.67. The summed E-state index contributed by atoms with van der Waals surface area (Å²) < 4.78 is 6.32. The molecule has 2 N–H and O–H groups in total. The second kappa shape index (κ2) is 8.03. The lowest BCUT2D eigenvalue weighted by Gasteiger charge is -2.34. The summed E-state index contributed by atoms with van der Waals surface area (Å²) in [6.07, 6.45) is 7.38. The minimum atomic E-state index is -1.08. The predicted molar refractivity (Wildman–Crippen MR) is 118 cm³/mol. The van der Waals surface area contributed by atoms with Gasteiger partial charge < -0.3 is 20.3 Å². The lowest BCUT2D eigenvalue weighted by molar-refractivity contribution is -0.143. The lowest BCUT2D eigenvalue weighted by atomic mass is 9.74. The molecule has 0 unspecified atom stereocenters. The topological polar surface area (TPSA) is 87.7 Å². The molecule has 3 heterocycles. The van der Waals surface area contributed by atoms with E-state index in [2.05, 4.69) is 10.6 Å². The number of ether oxygens (including phenoxy) is 1. The molecule has 7 nitrogen and oxygen atoms in total. The van der Waals surface area contributed by atoms with Crippen molar-refractivity contribution >= 4 is 17.7 Å². The fraction of sp³-hybridized carbons (Fsp3) is 0.560. The summed E-state index contributed by atoms with van der Waals surface area (Å²) in [5, 5.41) is 6.14. The molecule has 32 heavy (non-hydrogen) atoms. The Labute approximate surface area is 188 Å². The number of benzene rings is 1. The van der Waals surface area contributed by atoms with E-state index in [0.29, 0.717) is 6.54 Å². The van der Waals surface area contributed by atoms with Gasteiger partial charge in [-0.15, -0.1) is 0 Å². The molecular formula is C25H31N3O4. The summed E-state index contributed by atoms with van der Waals surface area (Å²) in [7, 11) is 0. The van der Waals surface area contributed by atoms with Crippen LogP contribution in [0, 0.1) is 11.8 Å². The van der Waals surface area contributed by atoms with E-state index >= 15 is 0 Å². The van der Waals surface area contributed by atoms with Gasteiger partial charge in [-0.25, -0.2) is 0 Å². The molecule has 4 aliphatic rings. The first-order valence-electron chi connectivity index (χ1n) is 11.7. The number of hydrogen-bond donors (Lipinski definition) is 2. The quantitative estimate of drug-likeness (QED) is 0.666. The second-order valence-electron chi connectivity index (χ2n) is 9.73. The molecule has 1 aliphatic carbocycles. The van der Waals surface area contributed by atoms with E-state index in [4.69, 9.17) is 4.74 Å². The number of rotatable bonds is 6. The van der Waals surface area contributed by atoms with Gasteiger partial charge in [0.1, 0.15) is 11.6 Å². The third-order valence-corrected chi connectivity index (χ3v) is 7.43. The maximum Gasteiger partial charge on any atom is 0.246 e. The Bertz CT molecular complexity index is 940. The van der Waals surface area contributed by atoms with Crippen LogP contribution in [-0.4, -0.2) is 52.5 Å². The van der Waals surface area contributed by atoms with Crippen molar-refractivity contribution in [2.75, 3.05) is 0 Å². The van der Waals surface area contributed by atoms with Gasteiger partial charge in [0.25, 0.3) is 0 Å². The van der Waals surface area contributed by atoms with Crippen LogP contribution in [0.1, 0.15) is 45.1 Å². The number of nitrogens with zero attached hydrogens (tertiary/aromatic N) is 1. The maximum atomic E-state index is 13.6. The number of fused-ring (bicyclic) bond motifs is 1. The summed E-state index contributed by atoms with van der Waals surface area (Å²) in [6, 6.07) is 8.89. The Morgan fingerprint density at radius 2 is 1.88 bits per heavy atom. The Morgan fingerprint density at radius 1 is 1.16 bits per heavy atom. The molecule has 170 valence electrons. The number of carbonyl (C=O) groups excluding carboxylic acids is 3. The summed E-state index contributed by atoms with van der Waals surface area (Å²) in [6.45, 7) is 4.21. The Morgan fingerprint density at radius 3 is 2.56 bits per heavy atom. The van der Waals surface area contributed by atoms with Crippen molar-refractivity contribution in [1.82, 2.24) is 15.5 Å². The zero-order chi connectivity index (χ0) is 22.5. The molecule has 3 amide bonds. The van der Waals surface area contributed by atoms with E-state index in [1.807, 2.05) is 56.3 Å². The molecule has 3 fully saturated rings. The van der Waals surface area contributed by atoms with Crippen LogP contribution in [0.4, 0.5) is 0 Å². The van der Waals surface area contributed by atoms with E-state index in [1.165, 1.54) is 0 Å². The predicted octanol–water partition coefficient (Wildman–Crippen LogP) is 1.92. The van der Waals surface area contributed by atoms with E-state index in [9.17, 15) is 14.4 Å². The van der Waals surface area contributed by atoms with E-state index in [-0.39, 0.29) is 29.8 Å². The van der Waals surface area contributed by atoms with Gasteiger partial charge in [0.05, 0.1) is 17.9 Å². The number of hydrogen-bond acceptors (Lipinski definition) is 4. The monoisotopic (exact) mass is 437 g/mol. The van der Waals surface area contributed by atoms with Gasteiger partial charge in [0, 0.05) is 18.6 Å². The van der Waals surface area contributed by atoms with Crippen LogP contribution in [-0.2, 0) is 25.7 Å². The zero-order valence-corrected chi connectivity index (χ0v) is 18.6. The zero-order valence-electron chi connectivity index (χ0n) is 18.6. The van der Waals surface area contributed by atoms with Gasteiger partial charge in [0.15, 0.2) is 0 Å². The van der Waals surface area contributed by atoms with Crippen LogP contribution in [0.3, 0.4) is 0 Å². The number of carbonyl (C=O) groups is 3. The largest absolute Gasteiger partial charge is 0.359 e. The summed E-state index contributed by atoms with van der Waals surface area (Å²) in [4.78, 5) is 41.9. The molecule has 2 saturated heterocycles. The molecule has 0 aromatic heterocycles. The average molecular weight is 438 g/mol. The fourth-order valence-electron chi connectivity index (χ4n) is 6.01. The van der Waals surface area contributed by atoms with E-state index in [0.717, 1.165) is 31.2 Å². The van der Waals surface area contributed by atoms with Gasteiger partial charge in [-0.05, 0) is 32.3 Å². The normalized spacial score (nSPS) is 33.2. The Kier molecular flexibility index (Phi) is 5.32. The van der Waals surface area contributed by atoms with Crippen molar-refractivity contribution in [2.45, 2.75) is 75.9 Å². The number of nitrogens with one attached hydrogen (secondary N) is 2. The van der Waals surface area contributed by atoms with Gasteiger partial charge in [-0.2, -0.15) is 0 Å². The van der Waals surface area contributed by atoms with E-state index < -0.39 is 29.6 Å². The third kappa shape index (κ3) is 3.25. The van der Waals surface area contributed by atoms with Crippen LogP contribution in [0.5, 0.6) is 0 Å². The smallest absolute Gasteiger partial charge is 0.246 e. The van der Waals surface area contributed by atoms with Gasteiger partial charge in [-0.3, -0.25) is 14.4 Å². The average Bonchev–Trinajstić information content (AvgIpc) is 3.54. The van der Waals surface area contributed by atoms with Gasteiger partial charge in [-0.1, -0.05) is 55.3 Å². The highest BCUT2D eigenvalue weighted by Gasteiger charge is 2.73. The Balaban J connectivity index is 1.40. The van der Waals surface area contributed by atoms with Crippen molar-refractivity contribution in [3.8, 4) is 0 Å². The SMILES string of the molecule is CC(C)N1C(=O)[C@H]2[C@@H](C(=O)NCc3ccccc3)[C@H]3C=C[C@@]2(O3)[C@H]1C(=O)NC1CCCC1. The van der Waals surface area contributed by atoms with Crippen molar-refractivity contribution < 1.29 is 19.1 Å². The van der Waals surface area contributed by atoms with E-state index in [1.54, 1.807) is 4.90 Å². The van der Waals surface area contributed by atoms with Crippen LogP contribution in [0.2, 0.25) is 0 Å². The highest BCUT2D eigenvalue weighted by molar-refractivity contribution is 6.00. The molecule has 3 aliphatic heterocycles. The molecule has 1 spiro atoms. The number of likely N-dealkylation sites (tertiary alicyclic amines) is 1. The van der Waals surface area contributed by atoms with Crippen molar-refractivity contribution in [2.24, 2.45) is 11.8 Å². The fourth-order valence-corrected chi connectivity index (χ4v) is 6.01. The first-order valence-corrected chi connectivity index (χ1v) is 11.7. The standard InChI is InChI=1S/C25H31N3O4/c1-15(2)28-21(23(30)27-17-10-6-7-11-17)25-13-12-18(32-25)19(20(25)24(28)31)22(29)26-14-16-8-4-3-5-9-16/h3-5,8-9,12-13,15,17-21H,6-7,10-11,14H2,1-2H3,(H,26,29)(H,27,30)/t18-,19+,20-,21-,25+/m1/s1. The molecule has 0 radical (unpaired) electrons. The molecule has 1 aromatic carbocycles. The molecule has 5 atom stereocenters. The third-order valence-electron chi connectivity index (χ3n) is 7.43. The molecule has 5 rings (SSSR count). The highest BCUT2D eigenvalue weighted by Crippen LogP contribution is 2.55. The first-order chi connectivity index (χ1) is 15.4. The van der Waals surface area contributed by atoms with Gasteiger partial charge in [0.2, 0.25) is 17.7 Å². The van der Waals surface area contributed by atoms with Crippen LogP contribution >= 0.6 is 0 Å². The van der Waals surface area contributed by atoms with Crippen molar-refractivity contribution in [3.63, 3.8) is 0 Å². The minimum absolute atomic E-state index is 0.148. The van der Waals surface area contributed by atoms with Crippen LogP contribution in [0.25, 0.3) is 0 Å². The van der Waals surface area contributed by atoms with Gasteiger partial charge >= 0.3 is 0 Å².